The predicted octanol–water partition coefficient (Wildman–Crippen LogP) is 4.06. The molecule has 146 valence electrons. The third-order valence-electron chi connectivity index (χ3n) is 5.31. The third kappa shape index (κ3) is 3.14. The van der Waals surface area contributed by atoms with Crippen LogP contribution in [0.2, 0.25) is 0 Å². The van der Waals surface area contributed by atoms with Crippen molar-refractivity contribution in [2.24, 2.45) is 5.73 Å². The van der Waals surface area contributed by atoms with Crippen LogP contribution in [0.15, 0.2) is 52.4 Å². The van der Waals surface area contributed by atoms with Crippen molar-refractivity contribution in [1.29, 1.82) is 0 Å². The number of fused-ring (bicyclic) bond motifs is 4. The fourth-order valence-electron chi connectivity index (χ4n) is 4.03. The van der Waals surface area contributed by atoms with Crippen LogP contribution in [-0.4, -0.2) is 21.2 Å². The molecule has 2 N–H and O–H groups in total. The number of thioether (sulfide) groups is 1. The van der Waals surface area contributed by atoms with Gasteiger partial charge in [0.1, 0.15) is 4.83 Å². The van der Waals surface area contributed by atoms with E-state index >= 15 is 0 Å². The molecule has 4 aromatic rings. The van der Waals surface area contributed by atoms with E-state index in [4.69, 9.17) is 10.7 Å². The third-order valence-corrected chi connectivity index (χ3v) is 7.46. The maximum atomic E-state index is 13.8. The molecule has 0 spiro atoms. The van der Waals surface area contributed by atoms with E-state index in [0.29, 0.717) is 5.16 Å². The van der Waals surface area contributed by atoms with E-state index in [1.54, 1.807) is 15.9 Å². The van der Waals surface area contributed by atoms with Gasteiger partial charge in [-0.2, -0.15) is 0 Å². The molecule has 0 bridgehead atoms. The van der Waals surface area contributed by atoms with Gasteiger partial charge in [-0.1, -0.05) is 48.2 Å². The van der Waals surface area contributed by atoms with Gasteiger partial charge in [0.05, 0.1) is 16.8 Å². The summed E-state index contributed by atoms with van der Waals surface area (Å²) >= 11 is 2.83. The summed E-state index contributed by atoms with van der Waals surface area (Å²) in [7, 11) is 0. The molecule has 0 aliphatic heterocycles. The molecule has 1 amide bonds. The fourth-order valence-corrected chi connectivity index (χ4v) is 6.08. The van der Waals surface area contributed by atoms with Crippen molar-refractivity contribution >= 4 is 50.0 Å². The first-order chi connectivity index (χ1) is 14.1. The summed E-state index contributed by atoms with van der Waals surface area (Å²) in [5.74, 6) is -0.354. The summed E-state index contributed by atoms with van der Waals surface area (Å²) in [6.45, 7) is 0. The van der Waals surface area contributed by atoms with E-state index < -0.39 is 5.91 Å². The number of rotatable bonds is 4. The SMILES string of the molecule is NC(=O)CSc1nc2sc3c(c2c(=O)n1-c1cccc2ccccc12)CCCC3. The summed E-state index contributed by atoms with van der Waals surface area (Å²) in [6, 6.07) is 13.9. The van der Waals surface area contributed by atoms with Crippen molar-refractivity contribution in [3.8, 4) is 5.69 Å². The summed E-state index contributed by atoms with van der Waals surface area (Å²) in [4.78, 5) is 32.1. The molecule has 0 radical (unpaired) electrons. The molecule has 0 saturated heterocycles. The molecule has 2 aromatic heterocycles. The zero-order valence-electron chi connectivity index (χ0n) is 15.7. The van der Waals surface area contributed by atoms with Crippen molar-refractivity contribution in [3.05, 3.63) is 63.3 Å². The second-order valence-electron chi connectivity index (χ2n) is 7.18. The van der Waals surface area contributed by atoms with E-state index in [2.05, 4.69) is 0 Å². The highest BCUT2D eigenvalue weighted by Crippen LogP contribution is 2.35. The number of aromatic nitrogens is 2. The van der Waals surface area contributed by atoms with E-state index in [-0.39, 0.29) is 11.3 Å². The molecule has 1 aliphatic carbocycles. The highest BCUT2D eigenvalue weighted by Gasteiger charge is 2.23. The highest BCUT2D eigenvalue weighted by atomic mass is 32.2. The Kier molecular flexibility index (Phi) is 4.64. The Morgan fingerprint density at radius 1 is 1.14 bits per heavy atom. The van der Waals surface area contributed by atoms with Crippen LogP contribution in [0.5, 0.6) is 0 Å². The topological polar surface area (TPSA) is 78.0 Å². The Labute approximate surface area is 175 Å². The van der Waals surface area contributed by atoms with Crippen molar-refractivity contribution in [3.63, 3.8) is 0 Å². The number of hydrogen-bond acceptors (Lipinski definition) is 5. The minimum Gasteiger partial charge on any atom is -0.369 e. The summed E-state index contributed by atoms with van der Waals surface area (Å²) in [6.07, 6.45) is 4.19. The van der Waals surface area contributed by atoms with Crippen LogP contribution < -0.4 is 11.3 Å². The standard InChI is InChI=1S/C22H19N3O2S2/c23-18(26)12-28-22-24-20-19(15-9-3-4-11-17(15)29-20)21(27)25(22)16-10-5-7-13-6-1-2-8-14(13)16/h1-2,5-8,10H,3-4,9,11-12H2,(H2,23,26). The first-order valence-electron chi connectivity index (χ1n) is 9.60. The molecule has 0 fully saturated rings. The Hall–Kier alpha value is -2.64. The van der Waals surface area contributed by atoms with Crippen LogP contribution >= 0.6 is 23.1 Å². The van der Waals surface area contributed by atoms with Gasteiger partial charge in [-0.25, -0.2) is 4.98 Å². The first-order valence-corrected chi connectivity index (χ1v) is 11.4. The lowest BCUT2D eigenvalue weighted by Gasteiger charge is -2.15. The van der Waals surface area contributed by atoms with Gasteiger partial charge in [-0.15, -0.1) is 11.3 Å². The number of thiophene rings is 1. The Morgan fingerprint density at radius 3 is 2.79 bits per heavy atom. The molecule has 2 aromatic carbocycles. The van der Waals surface area contributed by atoms with Crippen LogP contribution in [0.1, 0.15) is 23.3 Å². The van der Waals surface area contributed by atoms with Crippen molar-refractivity contribution < 1.29 is 4.79 Å². The van der Waals surface area contributed by atoms with Crippen LogP contribution in [0.3, 0.4) is 0 Å². The minimum atomic E-state index is -0.431. The number of aryl methyl sites for hydroxylation is 2. The maximum Gasteiger partial charge on any atom is 0.267 e. The normalized spacial score (nSPS) is 13.7. The number of primary amides is 1. The summed E-state index contributed by atoms with van der Waals surface area (Å²) in [5.41, 5.74) is 7.26. The molecule has 7 heteroatoms. The highest BCUT2D eigenvalue weighted by molar-refractivity contribution is 7.99. The Balaban J connectivity index is 1.84. The second-order valence-corrected chi connectivity index (χ2v) is 9.21. The van der Waals surface area contributed by atoms with E-state index in [1.165, 1.54) is 16.6 Å². The molecule has 2 heterocycles. The maximum absolute atomic E-state index is 13.8. The number of carbonyl (C=O) groups excluding carboxylic acids is 1. The van der Waals surface area contributed by atoms with E-state index in [1.807, 2.05) is 42.5 Å². The number of carbonyl (C=O) groups is 1. The van der Waals surface area contributed by atoms with Crippen molar-refractivity contribution in [1.82, 2.24) is 9.55 Å². The van der Waals surface area contributed by atoms with Crippen LogP contribution in [0, 0.1) is 0 Å². The molecule has 5 nitrogen and oxygen atoms in total. The second kappa shape index (κ2) is 7.31. The number of nitrogens with two attached hydrogens (primary N) is 1. The van der Waals surface area contributed by atoms with Gasteiger partial charge in [0.2, 0.25) is 5.91 Å². The fraction of sp³-hybridized carbons (Fsp3) is 0.227. The number of amides is 1. The van der Waals surface area contributed by atoms with Gasteiger partial charge in [-0.3, -0.25) is 14.2 Å². The lowest BCUT2D eigenvalue weighted by atomic mass is 9.97. The van der Waals surface area contributed by atoms with Crippen LogP contribution in [0.25, 0.3) is 26.7 Å². The predicted molar refractivity (Wildman–Crippen MR) is 119 cm³/mol. The zero-order chi connectivity index (χ0) is 20.0. The average Bonchev–Trinajstić information content (AvgIpc) is 3.10. The Bertz CT molecular complexity index is 1320. The van der Waals surface area contributed by atoms with Crippen LogP contribution in [0.4, 0.5) is 0 Å². The van der Waals surface area contributed by atoms with Gasteiger partial charge in [0.15, 0.2) is 5.16 Å². The molecule has 0 atom stereocenters. The van der Waals surface area contributed by atoms with Crippen molar-refractivity contribution in [2.75, 3.05) is 5.75 Å². The lowest BCUT2D eigenvalue weighted by molar-refractivity contribution is -0.115. The molecule has 0 unspecified atom stereocenters. The number of hydrogen-bond donors (Lipinski definition) is 1. The molecule has 1 aliphatic rings. The molecule has 5 rings (SSSR count). The van der Waals surface area contributed by atoms with E-state index in [0.717, 1.165) is 57.9 Å². The molecule has 0 saturated carbocycles. The zero-order valence-corrected chi connectivity index (χ0v) is 17.3. The summed E-state index contributed by atoms with van der Waals surface area (Å²) < 4.78 is 1.67. The largest absolute Gasteiger partial charge is 0.369 e. The lowest BCUT2D eigenvalue weighted by Crippen LogP contribution is -2.23. The van der Waals surface area contributed by atoms with Gasteiger partial charge >= 0.3 is 0 Å². The van der Waals surface area contributed by atoms with Gasteiger partial charge in [-0.05, 0) is 42.7 Å². The number of nitrogens with zero attached hydrogens (tertiary/aromatic N) is 2. The van der Waals surface area contributed by atoms with Gasteiger partial charge < -0.3 is 5.73 Å². The smallest absolute Gasteiger partial charge is 0.267 e. The number of benzene rings is 2. The Morgan fingerprint density at radius 2 is 1.93 bits per heavy atom. The molecular weight excluding hydrogens is 402 g/mol. The molecule has 29 heavy (non-hydrogen) atoms. The van der Waals surface area contributed by atoms with Gasteiger partial charge in [0, 0.05) is 10.3 Å². The molecular formula is C22H19N3O2S2. The quantitative estimate of drug-likeness (QED) is 0.398. The average molecular weight is 422 g/mol. The van der Waals surface area contributed by atoms with Crippen LogP contribution in [-0.2, 0) is 17.6 Å². The van der Waals surface area contributed by atoms with Gasteiger partial charge in [0.25, 0.3) is 5.56 Å². The monoisotopic (exact) mass is 421 g/mol. The minimum absolute atomic E-state index is 0.0577. The summed E-state index contributed by atoms with van der Waals surface area (Å²) in [5, 5.41) is 3.27. The van der Waals surface area contributed by atoms with Crippen molar-refractivity contribution in [2.45, 2.75) is 30.8 Å². The first kappa shape index (κ1) is 18.4. The van der Waals surface area contributed by atoms with E-state index in [9.17, 15) is 9.59 Å².